The van der Waals surface area contributed by atoms with Crippen molar-refractivity contribution in [2.24, 2.45) is 0 Å². The van der Waals surface area contributed by atoms with Crippen molar-refractivity contribution in [3.63, 3.8) is 0 Å². The Bertz CT molecular complexity index is 1060. The van der Waals surface area contributed by atoms with Gasteiger partial charge in [-0.25, -0.2) is 28.8 Å². The van der Waals surface area contributed by atoms with E-state index in [9.17, 15) is 28.8 Å². The Kier molecular flexibility index (Phi) is 18.1. The van der Waals surface area contributed by atoms with Crippen molar-refractivity contribution in [1.82, 2.24) is 0 Å². The minimum atomic E-state index is -1.23. The summed E-state index contributed by atoms with van der Waals surface area (Å²) < 4.78 is 0. The van der Waals surface area contributed by atoms with E-state index in [-0.39, 0.29) is 114 Å². The molecule has 0 radical (unpaired) electrons. The molecule has 0 aliphatic carbocycles. The SMILES string of the molecule is O=C(O)c1ccccc1C(=O)O.O=C(O)c1ccccc1C(=O)O.O=C(O)c1ccccc1C(=O)O.[Sm].[Sm]. The average Bonchev–Trinajstić information content (AvgIpc) is 2.84. The van der Waals surface area contributed by atoms with Gasteiger partial charge in [-0.3, -0.25) is 0 Å². The van der Waals surface area contributed by atoms with Crippen LogP contribution in [0.25, 0.3) is 0 Å². The summed E-state index contributed by atoms with van der Waals surface area (Å²) in [5, 5.41) is 51.3. The predicted octanol–water partition coefficient (Wildman–Crippen LogP) is 3.25. The van der Waals surface area contributed by atoms with E-state index in [1.54, 1.807) is 0 Å². The van der Waals surface area contributed by atoms with E-state index in [0.29, 0.717) is 0 Å². The van der Waals surface area contributed by atoms with Crippen molar-refractivity contribution in [2.45, 2.75) is 0 Å². The van der Waals surface area contributed by atoms with Crippen LogP contribution in [0.4, 0.5) is 0 Å². The van der Waals surface area contributed by atoms with E-state index in [1.807, 2.05) is 0 Å². The summed E-state index contributed by atoms with van der Waals surface area (Å²) in [5.74, 6) is -7.37. The topological polar surface area (TPSA) is 224 Å². The zero-order chi connectivity index (χ0) is 27.4. The molecule has 198 valence electrons. The number of hydrogen-bond acceptors (Lipinski definition) is 6. The molecule has 0 bridgehead atoms. The molecule has 38 heavy (non-hydrogen) atoms. The van der Waals surface area contributed by atoms with E-state index in [4.69, 9.17) is 30.6 Å². The molecular formula is C24H18O12Sm2. The first kappa shape index (κ1) is 37.3. The Morgan fingerprint density at radius 1 is 0.316 bits per heavy atom. The standard InChI is InChI=1S/3C8H6O4.2Sm/c3*9-7(10)5-3-1-2-4-6(5)8(11)12;;/h3*1-4H,(H,9,10)(H,11,12);;. The molecule has 0 saturated carbocycles. The van der Waals surface area contributed by atoms with Crippen LogP contribution in [0, 0.1) is 80.8 Å². The zero-order valence-corrected chi connectivity index (χ0v) is 24.1. The van der Waals surface area contributed by atoms with Gasteiger partial charge in [0.1, 0.15) is 0 Å². The first-order valence-electron chi connectivity index (χ1n) is 9.55. The summed E-state index contributed by atoms with van der Waals surface area (Å²) in [4.78, 5) is 62.8. The van der Waals surface area contributed by atoms with Crippen LogP contribution in [-0.2, 0) is 0 Å². The molecule has 6 N–H and O–H groups in total. The van der Waals surface area contributed by atoms with Crippen LogP contribution < -0.4 is 0 Å². The van der Waals surface area contributed by atoms with E-state index >= 15 is 0 Å². The molecular weight excluding hydrogens is 781 g/mol. The van der Waals surface area contributed by atoms with Gasteiger partial charge in [-0.1, -0.05) is 36.4 Å². The van der Waals surface area contributed by atoms with Gasteiger partial charge in [0, 0.05) is 80.8 Å². The quantitative estimate of drug-likeness (QED) is 0.212. The van der Waals surface area contributed by atoms with Crippen molar-refractivity contribution >= 4 is 35.8 Å². The number of rotatable bonds is 6. The number of benzene rings is 3. The van der Waals surface area contributed by atoms with Crippen molar-refractivity contribution < 1.29 is 140 Å². The molecule has 0 heterocycles. The van der Waals surface area contributed by atoms with Crippen LogP contribution in [0.5, 0.6) is 0 Å². The summed E-state index contributed by atoms with van der Waals surface area (Å²) in [7, 11) is 0. The van der Waals surface area contributed by atoms with E-state index < -0.39 is 35.8 Å². The zero-order valence-electron chi connectivity index (χ0n) is 18.9. The average molecular weight is 799 g/mol. The fraction of sp³-hybridized carbons (Fsp3) is 0. The molecule has 3 rings (SSSR count). The molecule has 0 aliphatic rings. The van der Waals surface area contributed by atoms with Gasteiger partial charge in [-0.2, -0.15) is 0 Å². The minimum Gasteiger partial charge on any atom is -0.478 e. The third kappa shape index (κ3) is 11.7. The third-order valence-electron chi connectivity index (χ3n) is 4.16. The van der Waals surface area contributed by atoms with Crippen molar-refractivity contribution in [1.29, 1.82) is 0 Å². The van der Waals surface area contributed by atoms with Gasteiger partial charge in [-0.15, -0.1) is 0 Å². The number of carboxylic acids is 6. The number of carbonyl (C=O) groups is 6. The van der Waals surface area contributed by atoms with Crippen LogP contribution in [0.3, 0.4) is 0 Å². The first-order valence-corrected chi connectivity index (χ1v) is 9.55. The second-order valence-electron chi connectivity index (χ2n) is 6.47. The molecule has 0 spiro atoms. The van der Waals surface area contributed by atoms with Gasteiger partial charge >= 0.3 is 35.8 Å². The second-order valence-corrected chi connectivity index (χ2v) is 6.47. The van der Waals surface area contributed by atoms with Crippen molar-refractivity contribution in [3.05, 3.63) is 106 Å². The fourth-order valence-electron chi connectivity index (χ4n) is 2.57. The maximum Gasteiger partial charge on any atom is 0.336 e. The molecule has 0 fully saturated rings. The Hall–Kier alpha value is -2.84. The summed E-state index contributed by atoms with van der Waals surface area (Å²) in [5.41, 5.74) is -1.14. The molecule has 3 aromatic carbocycles. The van der Waals surface area contributed by atoms with Gasteiger partial charge in [0.15, 0.2) is 0 Å². The maximum absolute atomic E-state index is 10.5. The third-order valence-corrected chi connectivity index (χ3v) is 4.16. The van der Waals surface area contributed by atoms with E-state index in [1.165, 1.54) is 72.8 Å². The van der Waals surface area contributed by atoms with Crippen LogP contribution >= 0.6 is 0 Å². The maximum atomic E-state index is 10.5. The van der Waals surface area contributed by atoms with Crippen molar-refractivity contribution in [2.75, 3.05) is 0 Å². The molecule has 0 amide bonds. The van der Waals surface area contributed by atoms with Crippen LogP contribution in [0.15, 0.2) is 72.8 Å². The monoisotopic (exact) mass is 802 g/mol. The summed E-state index contributed by atoms with van der Waals surface area (Å²) in [6.45, 7) is 0. The summed E-state index contributed by atoms with van der Waals surface area (Å²) in [6, 6.07) is 16.4. The molecule has 0 saturated heterocycles. The Morgan fingerprint density at radius 2 is 0.421 bits per heavy atom. The van der Waals surface area contributed by atoms with E-state index in [2.05, 4.69) is 0 Å². The van der Waals surface area contributed by atoms with Gasteiger partial charge in [0.25, 0.3) is 0 Å². The number of hydrogen-bond donors (Lipinski definition) is 6. The summed E-state index contributed by atoms with van der Waals surface area (Å²) in [6.07, 6.45) is 0. The van der Waals surface area contributed by atoms with Crippen molar-refractivity contribution in [3.8, 4) is 0 Å². The van der Waals surface area contributed by atoms with Crippen LogP contribution in [0.1, 0.15) is 62.1 Å². The van der Waals surface area contributed by atoms with Gasteiger partial charge in [0.05, 0.1) is 33.4 Å². The van der Waals surface area contributed by atoms with Crippen LogP contribution in [-0.4, -0.2) is 66.5 Å². The molecule has 0 atom stereocenters. The Morgan fingerprint density at radius 3 is 0.500 bits per heavy atom. The second kappa shape index (κ2) is 18.4. The molecule has 0 aliphatic heterocycles. The number of carboxylic acid groups (broad SMARTS) is 6. The molecule has 3 aromatic rings. The molecule has 0 aromatic heterocycles. The molecule has 14 heteroatoms. The Balaban J connectivity index is 0. The van der Waals surface area contributed by atoms with Gasteiger partial charge < -0.3 is 30.6 Å². The first-order chi connectivity index (χ1) is 16.9. The molecule has 0 unspecified atom stereocenters. The minimum absolute atomic E-state index is 0. The van der Waals surface area contributed by atoms with Gasteiger partial charge in [-0.05, 0) is 36.4 Å². The van der Waals surface area contributed by atoms with Crippen LogP contribution in [0.2, 0.25) is 0 Å². The normalized spacial score (nSPS) is 8.84. The smallest absolute Gasteiger partial charge is 0.336 e. The number of aromatic carboxylic acids is 6. The fourth-order valence-corrected chi connectivity index (χ4v) is 2.57. The summed E-state index contributed by atoms with van der Waals surface area (Å²) >= 11 is 0. The largest absolute Gasteiger partial charge is 0.478 e. The molecule has 12 nitrogen and oxygen atoms in total. The van der Waals surface area contributed by atoms with Gasteiger partial charge in [0.2, 0.25) is 0 Å². The Labute approximate surface area is 279 Å². The van der Waals surface area contributed by atoms with E-state index in [0.717, 1.165) is 0 Å². The predicted molar refractivity (Wildman–Crippen MR) is 121 cm³/mol.